The van der Waals surface area contributed by atoms with E-state index in [2.05, 4.69) is 33.2 Å². The minimum Gasteiger partial charge on any atom is -0.486 e. The molecule has 3 nitrogen and oxygen atoms in total. The second kappa shape index (κ2) is 6.98. The number of benzene rings is 1. The molecule has 0 aliphatic heterocycles. The first kappa shape index (κ1) is 14.4. The van der Waals surface area contributed by atoms with Gasteiger partial charge in [-0.2, -0.15) is 0 Å². The molecule has 1 aromatic heterocycles. The summed E-state index contributed by atoms with van der Waals surface area (Å²) in [6.45, 7) is 4.14. The molecule has 0 radical (unpaired) electrons. The third-order valence-corrected chi connectivity index (χ3v) is 3.91. The molecule has 0 saturated carbocycles. The third kappa shape index (κ3) is 4.26. The molecule has 2 aromatic rings. The number of thiazole rings is 1. The van der Waals surface area contributed by atoms with Crippen molar-refractivity contribution in [1.29, 1.82) is 0 Å². The first-order valence-corrected chi connectivity index (χ1v) is 7.58. The number of halogens is 2. The molecule has 0 fully saturated rings. The topological polar surface area (TPSA) is 34.2 Å². The SMILES string of the molecule is CCNCc1nc(COc2ccc(F)cc2Br)cs1. The lowest BCUT2D eigenvalue weighted by Gasteiger charge is -2.06. The van der Waals surface area contributed by atoms with E-state index in [0.29, 0.717) is 16.8 Å². The van der Waals surface area contributed by atoms with Crippen molar-refractivity contribution >= 4 is 27.3 Å². The van der Waals surface area contributed by atoms with Gasteiger partial charge in [0.15, 0.2) is 0 Å². The van der Waals surface area contributed by atoms with Gasteiger partial charge in [0.25, 0.3) is 0 Å². The maximum atomic E-state index is 12.9. The van der Waals surface area contributed by atoms with E-state index < -0.39 is 0 Å². The summed E-state index contributed by atoms with van der Waals surface area (Å²) < 4.78 is 19.1. The Morgan fingerprint density at radius 2 is 2.32 bits per heavy atom. The highest BCUT2D eigenvalue weighted by atomic mass is 79.9. The Kier molecular flexibility index (Phi) is 5.30. The molecular formula is C13H14BrFN2OS. The highest BCUT2D eigenvalue weighted by Crippen LogP contribution is 2.26. The van der Waals surface area contributed by atoms with Gasteiger partial charge in [-0.25, -0.2) is 9.37 Å². The van der Waals surface area contributed by atoms with Gasteiger partial charge >= 0.3 is 0 Å². The molecule has 0 bridgehead atoms. The van der Waals surface area contributed by atoms with Crippen molar-refractivity contribution < 1.29 is 9.13 Å². The van der Waals surface area contributed by atoms with Crippen molar-refractivity contribution in [3.05, 3.63) is 44.6 Å². The zero-order valence-corrected chi connectivity index (χ0v) is 12.9. The smallest absolute Gasteiger partial charge is 0.134 e. The van der Waals surface area contributed by atoms with Gasteiger partial charge in [-0.3, -0.25) is 0 Å². The lowest BCUT2D eigenvalue weighted by Crippen LogP contribution is -2.11. The molecule has 2 rings (SSSR count). The quantitative estimate of drug-likeness (QED) is 0.866. The van der Waals surface area contributed by atoms with Crippen molar-refractivity contribution in [2.75, 3.05) is 6.54 Å². The van der Waals surface area contributed by atoms with Crippen LogP contribution in [0, 0.1) is 5.82 Å². The average molecular weight is 345 g/mol. The van der Waals surface area contributed by atoms with Crippen LogP contribution in [-0.4, -0.2) is 11.5 Å². The summed E-state index contributed by atoms with van der Waals surface area (Å²) >= 11 is 4.87. The molecule has 1 N–H and O–H groups in total. The van der Waals surface area contributed by atoms with Gasteiger partial charge in [0.1, 0.15) is 23.2 Å². The maximum Gasteiger partial charge on any atom is 0.134 e. The predicted octanol–water partition coefficient (Wildman–Crippen LogP) is 3.73. The number of rotatable bonds is 6. The summed E-state index contributed by atoms with van der Waals surface area (Å²) in [5.41, 5.74) is 0.883. The van der Waals surface area contributed by atoms with Crippen LogP contribution in [0.4, 0.5) is 4.39 Å². The molecule has 19 heavy (non-hydrogen) atoms. The van der Waals surface area contributed by atoms with Crippen LogP contribution in [0.5, 0.6) is 5.75 Å². The van der Waals surface area contributed by atoms with E-state index in [-0.39, 0.29) is 5.82 Å². The van der Waals surface area contributed by atoms with Crippen molar-refractivity contribution in [3.8, 4) is 5.75 Å². The fraction of sp³-hybridized carbons (Fsp3) is 0.308. The summed E-state index contributed by atoms with van der Waals surface area (Å²) in [5.74, 6) is 0.323. The van der Waals surface area contributed by atoms with Gasteiger partial charge in [0.2, 0.25) is 0 Å². The monoisotopic (exact) mass is 344 g/mol. The maximum absolute atomic E-state index is 12.9. The molecule has 0 unspecified atom stereocenters. The molecule has 0 aliphatic rings. The Morgan fingerprint density at radius 1 is 1.47 bits per heavy atom. The lowest BCUT2D eigenvalue weighted by atomic mass is 10.3. The molecule has 1 heterocycles. The van der Waals surface area contributed by atoms with Crippen LogP contribution in [-0.2, 0) is 13.2 Å². The molecule has 1 aromatic carbocycles. The van der Waals surface area contributed by atoms with Crippen molar-refractivity contribution in [3.63, 3.8) is 0 Å². The summed E-state index contributed by atoms with van der Waals surface area (Å²) in [6.07, 6.45) is 0. The second-order valence-electron chi connectivity index (χ2n) is 3.88. The number of nitrogens with zero attached hydrogens (tertiary/aromatic N) is 1. The second-order valence-corrected chi connectivity index (χ2v) is 5.67. The van der Waals surface area contributed by atoms with E-state index in [4.69, 9.17) is 4.74 Å². The minimum atomic E-state index is -0.291. The number of aromatic nitrogens is 1. The van der Waals surface area contributed by atoms with Crippen LogP contribution in [0.2, 0.25) is 0 Å². The molecule has 102 valence electrons. The van der Waals surface area contributed by atoms with Gasteiger partial charge in [-0.1, -0.05) is 6.92 Å². The highest BCUT2D eigenvalue weighted by Gasteiger charge is 2.05. The fourth-order valence-electron chi connectivity index (χ4n) is 1.47. The van der Waals surface area contributed by atoms with Crippen LogP contribution in [0.25, 0.3) is 0 Å². The molecule has 0 saturated heterocycles. The van der Waals surface area contributed by atoms with Crippen molar-refractivity contribution in [2.45, 2.75) is 20.1 Å². The van der Waals surface area contributed by atoms with Crippen molar-refractivity contribution in [1.82, 2.24) is 10.3 Å². The zero-order chi connectivity index (χ0) is 13.7. The minimum absolute atomic E-state index is 0.291. The van der Waals surface area contributed by atoms with Gasteiger partial charge in [-0.05, 0) is 40.7 Å². The first-order valence-electron chi connectivity index (χ1n) is 5.91. The Labute approximate surface area is 124 Å². The van der Waals surface area contributed by atoms with Crippen LogP contribution in [0.15, 0.2) is 28.1 Å². The Hall–Kier alpha value is -0.980. The molecule has 0 aliphatic carbocycles. The average Bonchev–Trinajstić information content (AvgIpc) is 2.83. The normalized spacial score (nSPS) is 10.7. The standard InChI is InChI=1S/C13H14BrFN2OS/c1-2-16-6-13-17-10(8-19-13)7-18-12-4-3-9(15)5-11(12)14/h3-5,8,16H,2,6-7H2,1H3. The van der Waals surface area contributed by atoms with Crippen LogP contribution < -0.4 is 10.1 Å². The number of hydrogen-bond acceptors (Lipinski definition) is 4. The largest absolute Gasteiger partial charge is 0.486 e. The molecule has 0 spiro atoms. The third-order valence-electron chi connectivity index (χ3n) is 2.40. The molecule has 0 atom stereocenters. The van der Waals surface area contributed by atoms with E-state index >= 15 is 0 Å². The molecule has 0 amide bonds. The Balaban J connectivity index is 1.92. The molecular weight excluding hydrogens is 331 g/mol. The van der Waals surface area contributed by atoms with Crippen LogP contribution >= 0.6 is 27.3 Å². The van der Waals surface area contributed by atoms with Gasteiger partial charge in [-0.15, -0.1) is 11.3 Å². The summed E-state index contributed by atoms with van der Waals surface area (Å²) in [6, 6.07) is 4.36. The number of nitrogens with one attached hydrogen (secondary N) is 1. The summed E-state index contributed by atoms with van der Waals surface area (Å²) in [5, 5.41) is 6.24. The van der Waals surface area contributed by atoms with Crippen LogP contribution in [0.1, 0.15) is 17.6 Å². The molecule has 6 heteroatoms. The lowest BCUT2D eigenvalue weighted by molar-refractivity contribution is 0.299. The number of ether oxygens (including phenoxy) is 1. The van der Waals surface area contributed by atoms with Gasteiger partial charge < -0.3 is 10.1 Å². The Bertz CT molecular complexity index is 547. The number of hydrogen-bond donors (Lipinski definition) is 1. The van der Waals surface area contributed by atoms with Gasteiger partial charge in [0, 0.05) is 11.9 Å². The predicted molar refractivity (Wildman–Crippen MR) is 77.9 cm³/mol. The van der Waals surface area contributed by atoms with E-state index in [1.54, 1.807) is 17.4 Å². The van der Waals surface area contributed by atoms with E-state index in [1.807, 2.05) is 5.38 Å². The van der Waals surface area contributed by atoms with E-state index in [9.17, 15) is 4.39 Å². The summed E-state index contributed by atoms with van der Waals surface area (Å²) in [7, 11) is 0. The van der Waals surface area contributed by atoms with Crippen molar-refractivity contribution in [2.24, 2.45) is 0 Å². The first-order chi connectivity index (χ1) is 9.19. The van der Waals surface area contributed by atoms with Gasteiger partial charge in [0.05, 0.1) is 10.2 Å². The van der Waals surface area contributed by atoms with Crippen LogP contribution in [0.3, 0.4) is 0 Å². The van der Waals surface area contributed by atoms with E-state index in [1.165, 1.54) is 12.1 Å². The summed E-state index contributed by atoms with van der Waals surface area (Å²) in [4.78, 5) is 4.45. The highest BCUT2D eigenvalue weighted by molar-refractivity contribution is 9.10. The zero-order valence-electron chi connectivity index (χ0n) is 10.5. The van der Waals surface area contributed by atoms with E-state index in [0.717, 1.165) is 23.8 Å². The Morgan fingerprint density at radius 3 is 3.05 bits per heavy atom. The fourth-order valence-corrected chi connectivity index (χ4v) is 2.69.